The van der Waals surface area contributed by atoms with Crippen LogP contribution in [-0.2, 0) is 29.1 Å². The lowest BCUT2D eigenvalue weighted by atomic mass is 9.89. The third-order valence-electron chi connectivity index (χ3n) is 7.14. The summed E-state index contributed by atoms with van der Waals surface area (Å²) < 4.78 is 97.9. The molecule has 0 fully saturated rings. The molecule has 1 aliphatic heterocycles. The number of carboxylic acids is 1. The van der Waals surface area contributed by atoms with Crippen molar-refractivity contribution in [3.63, 3.8) is 0 Å². The van der Waals surface area contributed by atoms with E-state index in [1.165, 1.54) is 42.3 Å². The summed E-state index contributed by atoms with van der Waals surface area (Å²) in [5.74, 6) is -2.34. The fourth-order valence-corrected chi connectivity index (χ4v) is 6.91. The lowest BCUT2D eigenvalue weighted by Gasteiger charge is -2.36. The van der Waals surface area contributed by atoms with Crippen molar-refractivity contribution < 1.29 is 53.8 Å². The first-order valence-electron chi connectivity index (χ1n) is 13.5. The molecule has 0 saturated carbocycles. The number of carbonyl (C=O) groups is 2. The van der Waals surface area contributed by atoms with Crippen molar-refractivity contribution in [3.8, 4) is 0 Å². The Labute approximate surface area is 261 Å². The number of rotatable bonds is 12. The number of anilines is 2. The molecule has 1 amide bonds. The molecular formula is C28H26F3N3O10S2. The van der Waals surface area contributed by atoms with E-state index in [9.17, 15) is 49.7 Å². The number of benzene rings is 3. The number of nitro benzene ring substituents is 1. The molecule has 0 bridgehead atoms. The average Bonchev–Trinajstić information content (AvgIpc) is 2.99. The monoisotopic (exact) mass is 685 g/mol. The maximum absolute atomic E-state index is 14.2. The van der Waals surface area contributed by atoms with Crippen LogP contribution in [0.15, 0.2) is 71.6 Å². The van der Waals surface area contributed by atoms with Crippen LogP contribution in [0, 0.1) is 10.1 Å². The highest BCUT2D eigenvalue weighted by Crippen LogP contribution is 2.48. The van der Waals surface area contributed by atoms with E-state index in [1.54, 1.807) is 6.07 Å². The topological polar surface area (TPSA) is 182 Å². The molecule has 0 aliphatic carbocycles. The zero-order valence-electron chi connectivity index (χ0n) is 23.9. The van der Waals surface area contributed by atoms with Crippen LogP contribution in [-0.4, -0.2) is 62.1 Å². The third-order valence-corrected chi connectivity index (χ3v) is 9.95. The Kier molecular flexibility index (Phi) is 9.74. The van der Waals surface area contributed by atoms with Gasteiger partial charge in [0.25, 0.3) is 21.6 Å². The van der Waals surface area contributed by atoms with Gasteiger partial charge in [0, 0.05) is 60.2 Å². The molecule has 1 heterocycles. The van der Waals surface area contributed by atoms with Crippen molar-refractivity contribution >= 4 is 49.1 Å². The average molecular weight is 686 g/mol. The molecule has 4 rings (SSSR count). The Morgan fingerprint density at radius 3 is 2.20 bits per heavy atom. The molecule has 1 aliphatic rings. The molecule has 3 aromatic rings. The van der Waals surface area contributed by atoms with Crippen molar-refractivity contribution in [2.75, 3.05) is 18.5 Å². The number of carbonyl (C=O) groups excluding carboxylic acids is 1. The quantitative estimate of drug-likeness (QED) is 0.0880. The van der Waals surface area contributed by atoms with Gasteiger partial charge in [-0.05, 0) is 43.2 Å². The number of nitrogens with zero attached hydrogens (tertiary/aromatic N) is 3. The van der Waals surface area contributed by atoms with Crippen LogP contribution in [0.2, 0.25) is 0 Å². The second-order valence-corrected chi connectivity index (χ2v) is 13.5. The van der Waals surface area contributed by atoms with E-state index in [0.29, 0.717) is 4.31 Å². The molecule has 0 saturated heterocycles. The van der Waals surface area contributed by atoms with E-state index in [4.69, 9.17) is 9.29 Å². The van der Waals surface area contributed by atoms with Crippen molar-refractivity contribution in [2.45, 2.75) is 42.2 Å². The number of alkyl halides is 3. The number of para-hydroxylation sites is 1. The molecule has 13 nitrogen and oxygen atoms in total. The summed E-state index contributed by atoms with van der Waals surface area (Å²) in [5, 5.41) is 20.0. The number of hydrogen-bond acceptors (Lipinski definition) is 10. The summed E-state index contributed by atoms with van der Waals surface area (Å²) in [6, 6.07) is 13.2. The van der Waals surface area contributed by atoms with Crippen molar-refractivity contribution in [2.24, 2.45) is 0 Å². The first-order valence-corrected chi connectivity index (χ1v) is 16.3. The minimum Gasteiger partial charge on any atom is -0.481 e. The van der Waals surface area contributed by atoms with Gasteiger partial charge in [-0.25, -0.2) is 16.9 Å². The van der Waals surface area contributed by atoms with Crippen LogP contribution in [0.25, 0.3) is 0 Å². The fourth-order valence-electron chi connectivity index (χ4n) is 4.93. The van der Waals surface area contributed by atoms with E-state index in [2.05, 4.69) is 0 Å². The number of unbranched alkanes of at least 4 members (excludes halogenated alkanes) is 2. The van der Waals surface area contributed by atoms with E-state index < -0.39 is 71.2 Å². The number of aliphatic carboxylic acids is 1. The van der Waals surface area contributed by atoms with Crippen LogP contribution in [0.5, 0.6) is 0 Å². The van der Waals surface area contributed by atoms with Crippen LogP contribution >= 0.6 is 0 Å². The number of fused-ring (bicyclic) bond motifs is 2. The molecule has 1 atom stereocenters. The minimum absolute atomic E-state index is 0.0224. The van der Waals surface area contributed by atoms with Crippen LogP contribution in [0.3, 0.4) is 0 Å². The summed E-state index contributed by atoms with van der Waals surface area (Å²) in [6.07, 6.45) is -1.96. The highest BCUT2D eigenvalue weighted by atomic mass is 32.2. The Bertz CT molecular complexity index is 1880. The first-order chi connectivity index (χ1) is 21.5. The van der Waals surface area contributed by atoms with Crippen molar-refractivity contribution in [3.05, 3.63) is 93.5 Å². The molecule has 3 aromatic carbocycles. The van der Waals surface area contributed by atoms with Gasteiger partial charge in [-0.1, -0.05) is 30.7 Å². The summed E-state index contributed by atoms with van der Waals surface area (Å²) in [5.41, 5.74) is -6.84. The van der Waals surface area contributed by atoms with Crippen LogP contribution in [0.4, 0.5) is 30.2 Å². The predicted octanol–water partition coefficient (Wildman–Crippen LogP) is 5.11. The van der Waals surface area contributed by atoms with E-state index in [0.717, 1.165) is 30.3 Å². The zero-order valence-corrected chi connectivity index (χ0v) is 25.5. The molecule has 0 aromatic heterocycles. The summed E-state index contributed by atoms with van der Waals surface area (Å²) in [4.78, 5) is 36.4. The summed E-state index contributed by atoms with van der Waals surface area (Å²) in [7, 11) is -9.51. The van der Waals surface area contributed by atoms with E-state index >= 15 is 0 Å². The van der Waals surface area contributed by atoms with Gasteiger partial charge in [0.05, 0.1) is 9.82 Å². The highest BCUT2D eigenvalue weighted by Gasteiger charge is 2.50. The minimum atomic E-state index is -6.24. The summed E-state index contributed by atoms with van der Waals surface area (Å²) in [6.45, 7) is -0.514. The number of nitro groups is 1. The van der Waals surface area contributed by atoms with Gasteiger partial charge in [0.1, 0.15) is 6.10 Å². The summed E-state index contributed by atoms with van der Waals surface area (Å²) >= 11 is 0. The predicted molar refractivity (Wildman–Crippen MR) is 156 cm³/mol. The number of carboxylic acid groups (broad SMARTS) is 1. The second kappa shape index (κ2) is 13.1. The van der Waals surface area contributed by atoms with Gasteiger partial charge >= 0.3 is 21.6 Å². The standard InChI is InChI=1S/C28H26F3N3O10S2/c1-32-22-10-5-4-8-20(22)26(44-46(42,43)28(29,30)31)25-21(9-7-11-23(25)32)27(37)33(17-6-2-3-12-24(35)36)45(40,41)19-15-13-18(14-16-19)34(38)39/h4-5,7-11,13-16,26H,2-3,6,12,17H2,1H3,(H,35,36). The SMILES string of the molecule is CN1c2ccccc2C(OS(=O)(=O)C(F)(F)F)c2c(C(=O)N(CCCCCC(=O)O)S(=O)(=O)c3ccc([N+](=O)[O-])cc3)cccc21. The number of sulfonamides is 1. The Morgan fingerprint density at radius 1 is 0.957 bits per heavy atom. The second-order valence-electron chi connectivity index (χ2n) is 10.1. The molecular weight excluding hydrogens is 659 g/mol. The van der Waals surface area contributed by atoms with Gasteiger partial charge in [-0.2, -0.15) is 21.6 Å². The number of amides is 1. The van der Waals surface area contributed by atoms with Crippen molar-refractivity contribution in [1.82, 2.24) is 4.31 Å². The first kappa shape index (κ1) is 34.3. The number of non-ortho nitro benzene ring substituents is 1. The normalized spacial score (nSPS) is 14.7. The van der Waals surface area contributed by atoms with Gasteiger partial charge in [-0.15, -0.1) is 0 Å². The van der Waals surface area contributed by atoms with E-state index in [1.807, 2.05) is 0 Å². The van der Waals surface area contributed by atoms with Crippen LogP contribution < -0.4 is 4.90 Å². The van der Waals surface area contributed by atoms with Gasteiger partial charge < -0.3 is 10.0 Å². The maximum Gasteiger partial charge on any atom is 0.523 e. The lowest BCUT2D eigenvalue weighted by molar-refractivity contribution is -0.384. The van der Waals surface area contributed by atoms with Crippen molar-refractivity contribution in [1.29, 1.82) is 0 Å². The Hall–Kier alpha value is -4.55. The number of hydrogen-bond donors (Lipinski definition) is 1. The molecule has 0 radical (unpaired) electrons. The largest absolute Gasteiger partial charge is 0.523 e. The zero-order chi connectivity index (χ0) is 34.0. The molecule has 18 heteroatoms. The smallest absolute Gasteiger partial charge is 0.481 e. The van der Waals surface area contributed by atoms with Crippen LogP contribution in [0.1, 0.15) is 53.3 Å². The highest BCUT2D eigenvalue weighted by molar-refractivity contribution is 7.89. The van der Waals surface area contributed by atoms with Gasteiger partial charge in [0.2, 0.25) is 0 Å². The number of halogens is 3. The molecule has 246 valence electrons. The molecule has 1 unspecified atom stereocenters. The Balaban J connectivity index is 1.86. The Morgan fingerprint density at radius 2 is 1.59 bits per heavy atom. The van der Waals surface area contributed by atoms with Gasteiger partial charge in [-0.3, -0.25) is 19.7 Å². The third kappa shape index (κ3) is 6.82. The fraction of sp³-hybridized carbons (Fsp3) is 0.286. The molecule has 0 spiro atoms. The van der Waals surface area contributed by atoms with E-state index in [-0.39, 0.29) is 48.2 Å². The molecule has 46 heavy (non-hydrogen) atoms. The van der Waals surface area contributed by atoms with Gasteiger partial charge in [0.15, 0.2) is 0 Å². The lowest BCUT2D eigenvalue weighted by Crippen LogP contribution is -2.39. The maximum atomic E-state index is 14.2. The molecule has 1 N–H and O–H groups in total.